The first-order chi connectivity index (χ1) is 7.83. The molecule has 0 aliphatic rings. The summed E-state index contributed by atoms with van der Waals surface area (Å²) in [6.45, 7) is -1.48. The first-order valence-corrected chi connectivity index (χ1v) is 4.52. The van der Waals surface area contributed by atoms with Crippen LogP contribution in [0.1, 0.15) is 10.4 Å². The normalized spacial score (nSPS) is 11.1. The molecule has 0 bridgehead atoms. The Morgan fingerprint density at radius 2 is 2.06 bits per heavy atom. The Labute approximate surface area is 94.4 Å². The standard InChI is InChI=1S/C10H9F4NO2/c1-17-8-3-2-6(11)4-7(8)9(16)15-5-10(12,13)14/h2-4H,5H2,1H3,(H,15,16). The van der Waals surface area contributed by atoms with Gasteiger partial charge in [-0.1, -0.05) is 0 Å². The van der Waals surface area contributed by atoms with Gasteiger partial charge in [0.25, 0.3) is 5.91 Å². The highest BCUT2D eigenvalue weighted by molar-refractivity contribution is 5.96. The minimum absolute atomic E-state index is 0.00562. The van der Waals surface area contributed by atoms with Gasteiger partial charge in [-0.05, 0) is 18.2 Å². The minimum atomic E-state index is -4.52. The molecule has 0 radical (unpaired) electrons. The average molecular weight is 251 g/mol. The van der Waals surface area contributed by atoms with Crippen molar-refractivity contribution in [3.05, 3.63) is 29.6 Å². The van der Waals surface area contributed by atoms with Gasteiger partial charge in [-0.15, -0.1) is 0 Å². The number of benzene rings is 1. The van der Waals surface area contributed by atoms with Gasteiger partial charge in [0.1, 0.15) is 18.1 Å². The summed E-state index contributed by atoms with van der Waals surface area (Å²) in [4.78, 5) is 11.4. The maximum Gasteiger partial charge on any atom is 0.405 e. The monoisotopic (exact) mass is 251 g/mol. The summed E-state index contributed by atoms with van der Waals surface area (Å²) in [6, 6.07) is 3.02. The molecule has 1 aromatic rings. The fraction of sp³-hybridized carbons (Fsp3) is 0.300. The third-order valence-corrected chi connectivity index (χ3v) is 1.86. The Balaban J connectivity index is 2.84. The van der Waals surface area contributed by atoms with Crippen LogP contribution in [0.15, 0.2) is 18.2 Å². The van der Waals surface area contributed by atoms with E-state index in [4.69, 9.17) is 4.74 Å². The second kappa shape index (κ2) is 5.03. The molecule has 0 atom stereocenters. The fourth-order valence-corrected chi connectivity index (χ4v) is 1.13. The molecule has 0 aliphatic heterocycles. The molecule has 1 amide bonds. The maximum atomic E-state index is 12.9. The van der Waals surface area contributed by atoms with Gasteiger partial charge >= 0.3 is 6.18 Å². The quantitative estimate of drug-likeness (QED) is 0.836. The van der Waals surface area contributed by atoms with Gasteiger partial charge in [-0.2, -0.15) is 13.2 Å². The lowest BCUT2D eigenvalue weighted by Gasteiger charge is -2.10. The lowest BCUT2D eigenvalue weighted by Crippen LogP contribution is -2.33. The molecule has 17 heavy (non-hydrogen) atoms. The van der Waals surface area contributed by atoms with Crippen molar-refractivity contribution in [1.29, 1.82) is 0 Å². The SMILES string of the molecule is COc1ccc(F)cc1C(=O)NCC(F)(F)F. The predicted molar refractivity (Wildman–Crippen MR) is 51.3 cm³/mol. The van der Waals surface area contributed by atoms with E-state index in [9.17, 15) is 22.4 Å². The van der Waals surface area contributed by atoms with Gasteiger partial charge in [0.05, 0.1) is 12.7 Å². The molecule has 0 spiro atoms. The third-order valence-electron chi connectivity index (χ3n) is 1.86. The van der Waals surface area contributed by atoms with Gasteiger partial charge in [0, 0.05) is 0 Å². The number of nitrogens with one attached hydrogen (secondary N) is 1. The summed E-state index contributed by atoms with van der Waals surface area (Å²) in [5.41, 5.74) is -0.281. The van der Waals surface area contributed by atoms with Crippen molar-refractivity contribution >= 4 is 5.91 Å². The third kappa shape index (κ3) is 3.93. The summed E-state index contributed by atoms with van der Waals surface area (Å²) < 4.78 is 53.2. The van der Waals surface area contributed by atoms with Crippen molar-refractivity contribution in [2.24, 2.45) is 0 Å². The van der Waals surface area contributed by atoms with Gasteiger partial charge < -0.3 is 10.1 Å². The predicted octanol–water partition coefficient (Wildman–Crippen LogP) is 2.13. The Kier molecular flexibility index (Phi) is 3.93. The fourth-order valence-electron chi connectivity index (χ4n) is 1.13. The van der Waals surface area contributed by atoms with Crippen LogP contribution in [0, 0.1) is 5.82 Å². The van der Waals surface area contributed by atoms with E-state index in [2.05, 4.69) is 0 Å². The molecular formula is C10H9F4NO2. The van der Waals surface area contributed by atoms with Crippen LogP contribution in [0.4, 0.5) is 17.6 Å². The van der Waals surface area contributed by atoms with Crippen molar-refractivity contribution in [3.8, 4) is 5.75 Å². The van der Waals surface area contributed by atoms with Crippen molar-refractivity contribution in [3.63, 3.8) is 0 Å². The summed E-state index contributed by atoms with van der Waals surface area (Å²) in [5.74, 6) is -1.77. The van der Waals surface area contributed by atoms with Crippen LogP contribution >= 0.6 is 0 Å². The van der Waals surface area contributed by atoms with E-state index in [0.29, 0.717) is 0 Å². The van der Waals surface area contributed by atoms with Crippen LogP contribution in [-0.4, -0.2) is 25.7 Å². The molecule has 0 heterocycles. The maximum absolute atomic E-state index is 12.9. The first-order valence-electron chi connectivity index (χ1n) is 4.52. The molecular weight excluding hydrogens is 242 g/mol. The number of hydrogen-bond acceptors (Lipinski definition) is 2. The van der Waals surface area contributed by atoms with Crippen LogP contribution in [-0.2, 0) is 0 Å². The van der Waals surface area contributed by atoms with Crippen LogP contribution < -0.4 is 10.1 Å². The second-order valence-electron chi connectivity index (χ2n) is 3.14. The number of amides is 1. The largest absolute Gasteiger partial charge is 0.496 e. The Morgan fingerprint density at radius 3 is 2.59 bits per heavy atom. The van der Waals surface area contributed by atoms with Crippen molar-refractivity contribution in [2.75, 3.05) is 13.7 Å². The molecule has 7 heteroatoms. The summed E-state index contributed by atoms with van der Waals surface area (Å²) in [7, 11) is 1.23. The molecule has 3 nitrogen and oxygen atoms in total. The highest BCUT2D eigenvalue weighted by Crippen LogP contribution is 2.20. The number of halogens is 4. The smallest absolute Gasteiger partial charge is 0.405 e. The number of hydrogen-bond donors (Lipinski definition) is 1. The van der Waals surface area contributed by atoms with E-state index in [0.717, 1.165) is 18.2 Å². The number of alkyl halides is 3. The number of carbonyl (C=O) groups is 1. The molecule has 1 aromatic carbocycles. The number of ether oxygens (including phenoxy) is 1. The van der Waals surface area contributed by atoms with Crippen LogP contribution in [0.3, 0.4) is 0 Å². The zero-order chi connectivity index (χ0) is 13.1. The van der Waals surface area contributed by atoms with Gasteiger partial charge in [-0.3, -0.25) is 4.79 Å². The van der Waals surface area contributed by atoms with Gasteiger partial charge in [0.2, 0.25) is 0 Å². The minimum Gasteiger partial charge on any atom is -0.496 e. The number of methoxy groups -OCH3 is 1. The molecule has 0 saturated carbocycles. The van der Waals surface area contributed by atoms with E-state index < -0.39 is 24.4 Å². The Bertz CT molecular complexity index is 417. The topological polar surface area (TPSA) is 38.3 Å². The van der Waals surface area contributed by atoms with Crippen LogP contribution in [0.5, 0.6) is 5.75 Å². The molecule has 0 unspecified atom stereocenters. The lowest BCUT2D eigenvalue weighted by molar-refractivity contribution is -0.123. The average Bonchev–Trinajstić information content (AvgIpc) is 2.25. The second-order valence-corrected chi connectivity index (χ2v) is 3.14. The van der Waals surface area contributed by atoms with Crippen molar-refractivity contribution in [2.45, 2.75) is 6.18 Å². The van der Waals surface area contributed by atoms with E-state index in [-0.39, 0.29) is 11.3 Å². The molecule has 1 N–H and O–H groups in total. The van der Waals surface area contributed by atoms with Crippen LogP contribution in [0.2, 0.25) is 0 Å². The molecule has 0 saturated heterocycles. The van der Waals surface area contributed by atoms with Crippen molar-refractivity contribution < 1.29 is 27.1 Å². The molecule has 0 aliphatic carbocycles. The van der Waals surface area contributed by atoms with E-state index in [1.807, 2.05) is 0 Å². The number of rotatable bonds is 3. The first kappa shape index (κ1) is 13.3. The zero-order valence-electron chi connectivity index (χ0n) is 8.77. The van der Waals surface area contributed by atoms with E-state index in [1.54, 1.807) is 5.32 Å². The van der Waals surface area contributed by atoms with Crippen molar-refractivity contribution in [1.82, 2.24) is 5.32 Å². The Hall–Kier alpha value is -1.79. The summed E-state index contributed by atoms with van der Waals surface area (Å²) in [5, 5.41) is 1.63. The highest BCUT2D eigenvalue weighted by Gasteiger charge is 2.28. The highest BCUT2D eigenvalue weighted by atomic mass is 19.4. The van der Waals surface area contributed by atoms with E-state index >= 15 is 0 Å². The van der Waals surface area contributed by atoms with Gasteiger partial charge in [0.15, 0.2) is 0 Å². The summed E-state index contributed by atoms with van der Waals surface area (Å²) >= 11 is 0. The van der Waals surface area contributed by atoms with E-state index in [1.165, 1.54) is 7.11 Å². The van der Waals surface area contributed by atoms with Crippen LogP contribution in [0.25, 0.3) is 0 Å². The molecule has 1 rings (SSSR count). The lowest BCUT2D eigenvalue weighted by atomic mass is 10.2. The molecule has 0 aromatic heterocycles. The molecule has 94 valence electrons. The summed E-state index contributed by atoms with van der Waals surface area (Å²) in [6.07, 6.45) is -4.52. The van der Waals surface area contributed by atoms with Gasteiger partial charge in [-0.25, -0.2) is 4.39 Å². The molecule has 0 fully saturated rings. The Morgan fingerprint density at radius 1 is 1.41 bits per heavy atom. The number of carbonyl (C=O) groups excluding carboxylic acids is 1. The zero-order valence-corrected chi connectivity index (χ0v) is 8.77.